The molecule has 0 aromatic heterocycles. The fourth-order valence-electron chi connectivity index (χ4n) is 0.970. The molecule has 19 heavy (non-hydrogen) atoms. The number of hydrogen-bond acceptors (Lipinski definition) is 1. The largest absolute Gasteiger partial charge is 1.00 e. The van der Waals surface area contributed by atoms with E-state index in [1.807, 2.05) is 0 Å². The van der Waals surface area contributed by atoms with Crippen molar-refractivity contribution in [1.82, 2.24) is 0 Å². The first-order chi connectivity index (χ1) is 8.40. The van der Waals surface area contributed by atoms with Crippen molar-refractivity contribution in [1.29, 1.82) is 0 Å². The van der Waals surface area contributed by atoms with Crippen LogP contribution in [0.1, 0.15) is 38.5 Å². The molecule has 0 saturated carbocycles. The summed E-state index contributed by atoms with van der Waals surface area (Å²) in [4.78, 5) is 10.3. The Labute approximate surface area is 140 Å². The number of carbonyl (C=O) groups excluding carboxylic acids is 1. The van der Waals surface area contributed by atoms with E-state index in [0.29, 0.717) is 12.8 Å². The molecule has 0 aliphatic heterocycles. The highest BCUT2D eigenvalue weighted by atomic mass is 79.9. The van der Waals surface area contributed by atoms with Crippen molar-refractivity contribution in [3.8, 4) is 0 Å². The zero-order chi connectivity index (χ0) is 14.4. The highest BCUT2D eigenvalue weighted by molar-refractivity contribution is 9.09. The van der Waals surface area contributed by atoms with Gasteiger partial charge in [0, 0.05) is 17.1 Å². The second kappa shape index (κ2) is 16.9. The Morgan fingerprint density at radius 2 is 1.42 bits per heavy atom. The highest BCUT2D eigenvalue weighted by Gasteiger charge is 2.36. The molecule has 0 radical (unpaired) electrons. The Morgan fingerprint density at radius 3 is 1.74 bits per heavy atom. The normalized spacial score (nSPS) is 10.2. The van der Waals surface area contributed by atoms with E-state index >= 15 is 0 Å². The summed E-state index contributed by atoms with van der Waals surface area (Å²) in [7, 11) is 0. The second-order valence-electron chi connectivity index (χ2n) is 3.67. The summed E-state index contributed by atoms with van der Waals surface area (Å²) in [6.07, 6.45) is -0.707. The molecule has 0 aromatic carbocycles. The Bertz CT molecular complexity index is 200. The smallest absolute Gasteiger partial charge is 0.449 e. The van der Waals surface area contributed by atoms with E-state index in [9.17, 15) is 18.0 Å². The number of Topliss-reactive ketones (excluding diaryl/α,β-unsaturated/α-hetero) is 1. The van der Waals surface area contributed by atoms with Crippen molar-refractivity contribution in [2.24, 2.45) is 0 Å². The predicted molar refractivity (Wildman–Crippen MR) is 74.1 cm³/mol. The first kappa shape index (κ1) is 24.9. The summed E-state index contributed by atoms with van der Waals surface area (Å²) in [6, 6.07) is 0. The molecule has 0 heterocycles. The lowest BCUT2D eigenvalue weighted by atomic mass is 10.1. The van der Waals surface area contributed by atoms with Crippen LogP contribution in [0, 0.1) is 0 Å². The zero-order valence-corrected chi connectivity index (χ0v) is 15.5. The number of alkyl halides is 5. The quantitative estimate of drug-likeness (QED) is 0.399. The van der Waals surface area contributed by atoms with E-state index in [0.717, 1.165) is 23.6 Å². The van der Waals surface area contributed by atoms with Crippen molar-refractivity contribution >= 4 is 37.6 Å². The van der Waals surface area contributed by atoms with Crippen LogP contribution in [0.5, 0.6) is 0 Å². The van der Waals surface area contributed by atoms with Crippen LogP contribution in [0.3, 0.4) is 0 Å². The lowest BCUT2D eigenvalue weighted by molar-refractivity contribution is -0.368. The van der Waals surface area contributed by atoms with Crippen molar-refractivity contribution in [3.05, 3.63) is 0 Å². The van der Waals surface area contributed by atoms with Crippen molar-refractivity contribution in [2.45, 2.75) is 44.7 Å². The molecular formula is C11H21Br3F3NO. The second-order valence-corrected chi connectivity index (χ2v) is 5.26. The molecule has 0 spiro atoms. The fourth-order valence-corrected chi connectivity index (χ4v) is 1.76. The van der Waals surface area contributed by atoms with Crippen LogP contribution in [0.25, 0.3) is 0 Å². The Hall–Kier alpha value is 0.860. The number of ketones is 1. The number of rotatable bonds is 8. The number of halogens is 6. The summed E-state index contributed by atoms with van der Waals surface area (Å²) in [5.74, 6) is -1.61. The van der Waals surface area contributed by atoms with E-state index in [-0.39, 0.29) is 23.4 Å². The van der Waals surface area contributed by atoms with E-state index in [1.54, 1.807) is 0 Å². The first-order valence-electron chi connectivity index (χ1n) is 5.91. The number of hydrogen-bond donors (Lipinski definition) is 1. The average molecular weight is 480 g/mol. The van der Waals surface area contributed by atoms with Crippen LogP contribution in [0.15, 0.2) is 0 Å². The Balaban J connectivity index is -0.000000313. The van der Waals surface area contributed by atoms with Crippen LogP contribution in [-0.2, 0) is 4.79 Å². The van der Waals surface area contributed by atoms with Gasteiger partial charge >= 0.3 is 6.18 Å². The minimum Gasteiger partial charge on any atom is -1.00 e. The van der Waals surface area contributed by atoms with Gasteiger partial charge in [0.25, 0.3) is 0 Å². The lowest BCUT2D eigenvalue weighted by Crippen LogP contribution is -3.00. The van der Waals surface area contributed by atoms with E-state index in [1.165, 1.54) is 12.8 Å². The molecule has 0 fully saturated rings. The number of quaternary nitrogens is 1. The molecule has 0 amide bonds. The van der Waals surface area contributed by atoms with E-state index in [2.05, 4.69) is 37.6 Å². The standard InChI is InChI=1S/C7H10BrF3O.C4H10BrN.BrH/c8-5-3-1-2-4-6(12)7(9,10)11;5-3-1-2-4-6;/h1-5H2;1-4,6H2;1H. The minimum absolute atomic E-state index is 0. The number of carbonyl (C=O) groups is 1. The zero-order valence-electron chi connectivity index (χ0n) is 10.7. The third-order valence-corrected chi connectivity index (χ3v) is 3.11. The van der Waals surface area contributed by atoms with Crippen molar-refractivity contribution in [3.63, 3.8) is 0 Å². The molecule has 2 nitrogen and oxygen atoms in total. The van der Waals surface area contributed by atoms with Gasteiger partial charge in [0.1, 0.15) is 0 Å². The summed E-state index contributed by atoms with van der Waals surface area (Å²) >= 11 is 6.47. The lowest BCUT2D eigenvalue weighted by Gasteiger charge is -2.03. The molecule has 0 rings (SSSR count). The Kier molecular flexibility index (Phi) is 22.1. The van der Waals surface area contributed by atoms with E-state index in [4.69, 9.17) is 0 Å². The average Bonchev–Trinajstić information content (AvgIpc) is 2.31. The van der Waals surface area contributed by atoms with Gasteiger partial charge in [0.2, 0.25) is 5.78 Å². The third kappa shape index (κ3) is 21.3. The summed E-state index contributed by atoms with van der Waals surface area (Å²) in [5.41, 5.74) is 3.70. The van der Waals surface area contributed by atoms with Crippen LogP contribution < -0.4 is 22.7 Å². The molecule has 0 saturated heterocycles. The van der Waals surface area contributed by atoms with Crippen molar-refractivity contribution < 1.29 is 40.7 Å². The van der Waals surface area contributed by atoms with Gasteiger partial charge in [-0.2, -0.15) is 13.2 Å². The maximum atomic E-state index is 11.6. The van der Waals surface area contributed by atoms with Crippen molar-refractivity contribution in [2.75, 3.05) is 17.2 Å². The fraction of sp³-hybridized carbons (Fsp3) is 0.909. The van der Waals surface area contributed by atoms with Gasteiger partial charge in [-0.25, -0.2) is 0 Å². The molecule has 0 unspecified atom stereocenters. The molecule has 3 N–H and O–H groups in total. The monoisotopic (exact) mass is 477 g/mol. The predicted octanol–water partition coefficient (Wildman–Crippen LogP) is 0.481. The first-order valence-corrected chi connectivity index (χ1v) is 8.15. The molecule has 0 bridgehead atoms. The topological polar surface area (TPSA) is 44.7 Å². The molecule has 118 valence electrons. The molecule has 0 aromatic rings. The third-order valence-electron chi connectivity index (χ3n) is 1.99. The minimum atomic E-state index is -4.64. The Morgan fingerprint density at radius 1 is 0.947 bits per heavy atom. The molecule has 0 aliphatic rings. The molecular weight excluding hydrogens is 459 g/mol. The highest BCUT2D eigenvalue weighted by Crippen LogP contribution is 2.19. The number of unbranched alkanes of at least 4 members (excludes halogenated alkanes) is 3. The van der Waals surface area contributed by atoms with E-state index < -0.39 is 12.0 Å². The van der Waals surface area contributed by atoms with Gasteiger partial charge in [0.15, 0.2) is 0 Å². The van der Waals surface area contributed by atoms with Gasteiger partial charge < -0.3 is 22.7 Å². The van der Waals surface area contributed by atoms with Gasteiger partial charge in [0.05, 0.1) is 6.54 Å². The van der Waals surface area contributed by atoms with Gasteiger partial charge in [-0.3, -0.25) is 4.79 Å². The van der Waals surface area contributed by atoms with Crippen LogP contribution >= 0.6 is 31.9 Å². The molecule has 8 heteroatoms. The summed E-state index contributed by atoms with van der Waals surface area (Å²) in [5, 5.41) is 1.90. The summed E-state index contributed by atoms with van der Waals surface area (Å²) in [6.45, 7) is 1.08. The van der Waals surface area contributed by atoms with Crippen LogP contribution in [0.4, 0.5) is 13.2 Å². The molecule has 0 atom stereocenters. The van der Waals surface area contributed by atoms with Gasteiger partial charge in [-0.05, 0) is 25.7 Å². The maximum Gasteiger partial charge on any atom is 0.449 e. The maximum absolute atomic E-state index is 11.6. The SMILES string of the molecule is O=C(CCCCCBr)C(F)(F)F.[Br-].[NH3+]CCCCBr. The van der Waals surface area contributed by atoms with Crippen LogP contribution in [0.2, 0.25) is 0 Å². The summed E-state index contributed by atoms with van der Waals surface area (Å²) < 4.78 is 34.8. The van der Waals surface area contributed by atoms with Gasteiger partial charge in [-0.15, -0.1) is 0 Å². The van der Waals surface area contributed by atoms with Gasteiger partial charge in [-0.1, -0.05) is 38.3 Å². The van der Waals surface area contributed by atoms with Crippen LogP contribution in [-0.4, -0.2) is 29.2 Å². The molecule has 0 aliphatic carbocycles.